The molecule has 1 rings (SSSR count). The maximum absolute atomic E-state index is 8.73. The van der Waals surface area contributed by atoms with Crippen LogP contribution in [0.15, 0.2) is 0 Å². The monoisotopic (exact) mass is 158 g/mol. The molecule has 1 heterocycles. The van der Waals surface area contributed by atoms with E-state index in [0.717, 1.165) is 32.7 Å². The van der Waals surface area contributed by atoms with Gasteiger partial charge < -0.3 is 10.4 Å². The Morgan fingerprint density at radius 3 is 3.18 bits per heavy atom. The van der Waals surface area contributed by atoms with Crippen LogP contribution in [0.4, 0.5) is 0 Å². The zero-order valence-electron chi connectivity index (χ0n) is 7.21. The molecule has 0 aromatic heterocycles. The average molecular weight is 158 g/mol. The number of rotatable bonds is 2. The summed E-state index contributed by atoms with van der Waals surface area (Å²) in [5.41, 5.74) is 0. The summed E-state index contributed by atoms with van der Waals surface area (Å²) in [6.07, 6.45) is 0. The van der Waals surface area contributed by atoms with Gasteiger partial charge in [-0.2, -0.15) is 0 Å². The van der Waals surface area contributed by atoms with Crippen LogP contribution in [0.25, 0.3) is 0 Å². The summed E-state index contributed by atoms with van der Waals surface area (Å²) in [7, 11) is 0. The van der Waals surface area contributed by atoms with E-state index in [1.165, 1.54) is 0 Å². The number of nitrogens with zero attached hydrogens (tertiary/aromatic N) is 1. The van der Waals surface area contributed by atoms with Gasteiger partial charge in [-0.1, -0.05) is 6.92 Å². The summed E-state index contributed by atoms with van der Waals surface area (Å²) < 4.78 is 0. The zero-order chi connectivity index (χ0) is 8.10. The Balaban J connectivity index is 2.27. The van der Waals surface area contributed by atoms with Crippen LogP contribution in [-0.2, 0) is 0 Å². The molecule has 0 radical (unpaired) electrons. The zero-order valence-corrected chi connectivity index (χ0v) is 7.21. The van der Waals surface area contributed by atoms with Crippen LogP contribution in [0.3, 0.4) is 0 Å². The highest BCUT2D eigenvalue weighted by Crippen LogP contribution is 2.00. The first-order chi connectivity index (χ1) is 5.33. The highest BCUT2D eigenvalue weighted by Gasteiger charge is 2.12. The van der Waals surface area contributed by atoms with Crippen molar-refractivity contribution in [2.24, 2.45) is 5.92 Å². The van der Waals surface area contributed by atoms with Crippen LogP contribution in [0.5, 0.6) is 0 Å². The summed E-state index contributed by atoms with van der Waals surface area (Å²) in [5, 5.41) is 12.1. The van der Waals surface area contributed by atoms with Gasteiger partial charge in [-0.05, 0) is 12.5 Å². The van der Waals surface area contributed by atoms with Crippen molar-refractivity contribution in [1.29, 1.82) is 0 Å². The third-order valence-electron chi connectivity index (χ3n) is 2.08. The van der Waals surface area contributed by atoms with Crippen molar-refractivity contribution in [2.75, 3.05) is 39.3 Å². The second-order valence-corrected chi connectivity index (χ2v) is 3.33. The number of aliphatic hydroxyl groups excluding tert-OH is 1. The van der Waals surface area contributed by atoms with Gasteiger partial charge in [0.25, 0.3) is 0 Å². The van der Waals surface area contributed by atoms with E-state index in [9.17, 15) is 0 Å². The summed E-state index contributed by atoms with van der Waals surface area (Å²) >= 11 is 0. The molecule has 11 heavy (non-hydrogen) atoms. The van der Waals surface area contributed by atoms with Gasteiger partial charge in [0.2, 0.25) is 0 Å². The van der Waals surface area contributed by atoms with E-state index in [4.69, 9.17) is 5.11 Å². The number of hydrogen-bond acceptors (Lipinski definition) is 3. The van der Waals surface area contributed by atoms with E-state index in [1.54, 1.807) is 0 Å². The van der Waals surface area contributed by atoms with Gasteiger partial charge in [0.15, 0.2) is 0 Å². The maximum Gasteiger partial charge on any atom is 0.0558 e. The van der Waals surface area contributed by atoms with Crippen molar-refractivity contribution in [3.63, 3.8) is 0 Å². The highest BCUT2D eigenvalue weighted by atomic mass is 16.3. The summed E-state index contributed by atoms with van der Waals surface area (Å²) in [4.78, 5) is 2.31. The average Bonchev–Trinajstić information content (AvgIpc) is 2.15. The predicted octanol–water partition coefficient (Wildman–Crippen LogP) is -0.480. The van der Waals surface area contributed by atoms with E-state index in [0.29, 0.717) is 5.92 Å². The fourth-order valence-corrected chi connectivity index (χ4v) is 1.53. The maximum atomic E-state index is 8.73. The quantitative estimate of drug-likeness (QED) is 0.570. The Morgan fingerprint density at radius 1 is 1.64 bits per heavy atom. The van der Waals surface area contributed by atoms with Crippen molar-refractivity contribution in [2.45, 2.75) is 6.92 Å². The van der Waals surface area contributed by atoms with E-state index >= 15 is 0 Å². The van der Waals surface area contributed by atoms with Crippen LogP contribution >= 0.6 is 0 Å². The van der Waals surface area contributed by atoms with E-state index < -0.39 is 0 Å². The van der Waals surface area contributed by atoms with Crippen molar-refractivity contribution in [1.82, 2.24) is 10.2 Å². The van der Waals surface area contributed by atoms with Crippen molar-refractivity contribution >= 4 is 0 Å². The Bertz CT molecular complexity index is 108. The molecule has 1 fully saturated rings. The van der Waals surface area contributed by atoms with Crippen molar-refractivity contribution < 1.29 is 5.11 Å². The molecule has 0 bridgehead atoms. The Kier molecular flexibility index (Phi) is 3.83. The Morgan fingerprint density at radius 2 is 2.45 bits per heavy atom. The topological polar surface area (TPSA) is 35.5 Å². The third-order valence-corrected chi connectivity index (χ3v) is 2.08. The van der Waals surface area contributed by atoms with Gasteiger partial charge in [-0.25, -0.2) is 0 Å². The molecule has 0 aliphatic carbocycles. The number of hydrogen-bond donors (Lipinski definition) is 2. The summed E-state index contributed by atoms with van der Waals surface area (Å²) in [5.74, 6) is 0.712. The van der Waals surface area contributed by atoms with Gasteiger partial charge in [-0.15, -0.1) is 0 Å². The number of β-amino-alcohol motifs (C(OH)–C–C–N with tert-alkyl or cyclic N) is 1. The van der Waals surface area contributed by atoms with E-state index in [2.05, 4.69) is 17.1 Å². The normalized spacial score (nSPS) is 28.4. The van der Waals surface area contributed by atoms with Crippen LogP contribution in [0.1, 0.15) is 6.92 Å². The van der Waals surface area contributed by atoms with Crippen molar-refractivity contribution in [3.8, 4) is 0 Å². The molecule has 1 aliphatic rings. The molecule has 3 nitrogen and oxygen atoms in total. The molecule has 2 N–H and O–H groups in total. The molecule has 1 unspecified atom stereocenters. The number of nitrogens with one attached hydrogen (secondary N) is 1. The van der Waals surface area contributed by atoms with Crippen molar-refractivity contribution in [3.05, 3.63) is 0 Å². The fourth-order valence-electron chi connectivity index (χ4n) is 1.53. The van der Waals surface area contributed by atoms with Crippen LogP contribution in [-0.4, -0.2) is 49.3 Å². The third kappa shape index (κ3) is 3.18. The van der Waals surface area contributed by atoms with Crippen LogP contribution < -0.4 is 5.32 Å². The minimum atomic E-state index is 0.284. The van der Waals surface area contributed by atoms with Crippen LogP contribution in [0.2, 0.25) is 0 Å². The molecule has 1 atom stereocenters. The summed E-state index contributed by atoms with van der Waals surface area (Å²) in [6, 6.07) is 0. The van der Waals surface area contributed by atoms with Gasteiger partial charge in [0, 0.05) is 26.2 Å². The SMILES string of the molecule is CC1CNCCN(CCO)C1. The minimum Gasteiger partial charge on any atom is -0.395 e. The van der Waals surface area contributed by atoms with E-state index in [1.807, 2.05) is 0 Å². The molecule has 66 valence electrons. The molecule has 0 spiro atoms. The molecule has 0 aromatic carbocycles. The molecule has 1 saturated heterocycles. The second kappa shape index (κ2) is 4.70. The fraction of sp³-hybridized carbons (Fsp3) is 1.00. The molecule has 1 aliphatic heterocycles. The number of aliphatic hydroxyl groups is 1. The molecular weight excluding hydrogens is 140 g/mol. The molecule has 0 aromatic rings. The van der Waals surface area contributed by atoms with Gasteiger partial charge >= 0.3 is 0 Å². The first-order valence-corrected chi connectivity index (χ1v) is 4.37. The predicted molar refractivity (Wildman–Crippen MR) is 45.6 cm³/mol. The lowest BCUT2D eigenvalue weighted by atomic mass is 10.2. The van der Waals surface area contributed by atoms with Crippen LogP contribution in [0, 0.1) is 5.92 Å². The van der Waals surface area contributed by atoms with Gasteiger partial charge in [-0.3, -0.25) is 4.90 Å². The first-order valence-electron chi connectivity index (χ1n) is 4.37. The Hall–Kier alpha value is -0.120. The standard InChI is InChI=1S/C8H18N2O/c1-8-6-9-2-3-10(7-8)4-5-11/h8-9,11H,2-7H2,1H3. The van der Waals surface area contributed by atoms with Gasteiger partial charge in [0.05, 0.1) is 6.61 Å². The molecule has 0 saturated carbocycles. The van der Waals surface area contributed by atoms with Gasteiger partial charge in [0.1, 0.15) is 0 Å². The summed E-state index contributed by atoms with van der Waals surface area (Å²) in [6.45, 7) is 7.71. The highest BCUT2D eigenvalue weighted by molar-refractivity contribution is 4.70. The smallest absolute Gasteiger partial charge is 0.0558 e. The molecule has 0 amide bonds. The first kappa shape index (κ1) is 8.97. The largest absolute Gasteiger partial charge is 0.395 e. The second-order valence-electron chi connectivity index (χ2n) is 3.33. The lowest BCUT2D eigenvalue weighted by molar-refractivity contribution is 0.192. The molecular formula is C8H18N2O. The van der Waals surface area contributed by atoms with E-state index in [-0.39, 0.29) is 6.61 Å². The minimum absolute atomic E-state index is 0.284. The molecule has 3 heteroatoms. The lowest BCUT2D eigenvalue weighted by Gasteiger charge is -2.20. The Labute approximate surface area is 68.4 Å². The lowest BCUT2D eigenvalue weighted by Crippen LogP contribution is -2.31.